The maximum absolute atomic E-state index is 3.92. The molecule has 12 heavy (non-hydrogen) atoms. The lowest BCUT2D eigenvalue weighted by Gasteiger charge is -2.00. The normalized spacial score (nSPS) is 21.1. The molecule has 4 nitrogen and oxygen atoms in total. The third-order valence-corrected chi connectivity index (χ3v) is 1.73. The highest BCUT2D eigenvalue weighted by Gasteiger charge is 2.18. The molecule has 60 valence electrons. The fourth-order valence-corrected chi connectivity index (χ4v) is 1.12. The lowest BCUT2D eigenvalue weighted by molar-refractivity contribution is -0.790. The Balaban J connectivity index is 2.34. The molecule has 0 aliphatic carbocycles. The number of quaternary nitrogens is 1. The van der Waals surface area contributed by atoms with E-state index in [1.54, 1.807) is 0 Å². The highest BCUT2D eigenvalue weighted by atomic mass is 15.7. The van der Waals surface area contributed by atoms with E-state index in [0.29, 0.717) is 0 Å². The number of hydrogen-bond donors (Lipinski definition) is 1. The zero-order valence-electron chi connectivity index (χ0n) is 6.73. The Morgan fingerprint density at radius 3 is 2.50 bits per heavy atom. The molecular weight excluding hydrogens is 152 g/mol. The van der Waals surface area contributed by atoms with Crippen molar-refractivity contribution in [1.29, 1.82) is 0 Å². The van der Waals surface area contributed by atoms with Crippen LogP contribution in [0.15, 0.2) is 45.9 Å². The molecular formula is C8H9N4+. The molecule has 0 radical (unpaired) electrons. The van der Waals surface area contributed by atoms with Crippen LogP contribution in [0.5, 0.6) is 0 Å². The molecule has 1 aliphatic rings. The number of amidine groups is 1. The van der Waals surface area contributed by atoms with E-state index in [1.165, 1.54) is 0 Å². The monoisotopic (exact) mass is 161 g/mol. The molecule has 0 spiro atoms. The Hall–Kier alpha value is -1.55. The summed E-state index contributed by atoms with van der Waals surface area (Å²) in [7, 11) is 1.91. The molecule has 4 heteroatoms. The quantitative estimate of drug-likeness (QED) is 0.613. The number of nitrogens with zero attached hydrogens (tertiary/aromatic N) is 3. The van der Waals surface area contributed by atoms with Gasteiger partial charge in [-0.3, -0.25) is 0 Å². The SMILES string of the molecule is C[NH+]1N=NN=C1c1ccccc1. The van der Waals surface area contributed by atoms with Gasteiger partial charge in [0.25, 0.3) is 5.84 Å². The lowest BCUT2D eigenvalue weighted by atomic mass is 10.2. The van der Waals surface area contributed by atoms with E-state index in [2.05, 4.69) is 15.5 Å². The van der Waals surface area contributed by atoms with Crippen LogP contribution in [-0.2, 0) is 0 Å². The molecule has 1 unspecified atom stereocenters. The topological polar surface area (TPSA) is 41.5 Å². The average molecular weight is 161 g/mol. The largest absolute Gasteiger partial charge is 0.282 e. The van der Waals surface area contributed by atoms with E-state index in [9.17, 15) is 0 Å². The molecule has 0 saturated carbocycles. The molecule has 2 rings (SSSR count). The average Bonchev–Trinajstić information content (AvgIpc) is 2.53. The van der Waals surface area contributed by atoms with Gasteiger partial charge in [-0.05, 0) is 12.1 Å². The van der Waals surface area contributed by atoms with Crippen LogP contribution < -0.4 is 5.01 Å². The van der Waals surface area contributed by atoms with Crippen LogP contribution in [-0.4, -0.2) is 12.9 Å². The van der Waals surface area contributed by atoms with E-state index < -0.39 is 0 Å². The first kappa shape index (κ1) is 7.12. The Labute approximate surface area is 70.2 Å². The third kappa shape index (κ3) is 1.12. The summed E-state index contributed by atoms with van der Waals surface area (Å²) in [5.74, 6) is 0.871. The van der Waals surface area contributed by atoms with Crippen LogP contribution in [0.1, 0.15) is 5.56 Å². The molecule has 1 aromatic carbocycles. The zero-order valence-corrected chi connectivity index (χ0v) is 6.73. The Morgan fingerprint density at radius 2 is 1.92 bits per heavy atom. The minimum absolute atomic E-state index is 0.871. The van der Waals surface area contributed by atoms with Gasteiger partial charge in [-0.25, -0.2) is 0 Å². The van der Waals surface area contributed by atoms with Crippen molar-refractivity contribution in [1.82, 2.24) is 0 Å². The predicted molar refractivity (Wildman–Crippen MR) is 44.7 cm³/mol. The van der Waals surface area contributed by atoms with Crippen molar-refractivity contribution in [2.75, 3.05) is 7.05 Å². The molecule has 0 amide bonds. The van der Waals surface area contributed by atoms with Gasteiger partial charge in [0.2, 0.25) is 0 Å². The summed E-state index contributed by atoms with van der Waals surface area (Å²) in [5.41, 5.74) is 1.07. The summed E-state index contributed by atoms with van der Waals surface area (Å²) >= 11 is 0. The van der Waals surface area contributed by atoms with Crippen molar-refractivity contribution in [3.63, 3.8) is 0 Å². The molecule has 0 bridgehead atoms. The number of benzene rings is 1. The second-order valence-electron chi connectivity index (χ2n) is 2.59. The summed E-state index contributed by atoms with van der Waals surface area (Å²) in [4.78, 5) is 0. The van der Waals surface area contributed by atoms with Crippen molar-refractivity contribution in [3.05, 3.63) is 35.9 Å². The summed E-state index contributed by atoms with van der Waals surface area (Å²) in [6, 6.07) is 9.92. The van der Waals surface area contributed by atoms with Crippen LogP contribution in [0.4, 0.5) is 0 Å². The number of nitrogens with one attached hydrogen (secondary N) is 1. The van der Waals surface area contributed by atoms with Gasteiger partial charge in [0.05, 0.1) is 17.8 Å². The fraction of sp³-hybridized carbons (Fsp3) is 0.125. The molecule has 1 aliphatic heterocycles. The summed E-state index contributed by atoms with van der Waals surface area (Å²) in [5, 5.41) is 12.2. The van der Waals surface area contributed by atoms with Crippen LogP contribution >= 0.6 is 0 Å². The summed E-state index contributed by atoms with van der Waals surface area (Å²) in [6.45, 7) is 0. The third-order valence-electron chi connectivity index (χ3n) is 1.73. The smallest absolute Gasteiger partial charge is 0.141 e. The van der Waals surface area contributed by atoms with Gasteiger partial charge in [-0.15, -0.1) is 5.01 Å². The van der Waals surface area contributed by atoms with Crippen LogP contribution in [0.25, 0.3) is 0 Å². The minimum Gasteiger partial charge on any atom is -0.141 e. The highest BCUT2D eigenvalue weighted by Crippen LogP contribution is 1.99. The molecule has 1 heterocycles. The van der Waals surface area contributed by atoms with Gasteiger partial charge in [0, 0.05) is 5.22 Å². The summed E-state index contributed by atoms with van der Waals surface area (Å²) < 4.78 is 0. The fourth-order valence-electron chi connectivity index (χ4n) is 1.12. The zero-order chi connectivity index (χ0) is 8.39. The highest BCUT2D eigenvalue weighted by molar-refractivity contribution is 5.91. The standard InChI is InChI=1S/C8H8N4/c1-12-8(9-10-11-12)7-5-3-2-4-6-7/h2-6H,1H3/p+1. The Kier molecular flexibility index (Phi) is 1.68. The summed E-state index contributed by atoms with van der Waals surface area (Å²) in [6.07, 6.45) is 0. The predicted octanol–water partition coefficient (Wildman–Crippen LogP) is 0.244. The van der Waals surface area contributed by atoms with Crippen molar-refractivity contribution in [2.24, 2.45) is 15.5 Å². The van der Waals surface area contributed by atoms with E-state index >= 15 is 0 Å². The first-order chi connectivity index (χ1) is 5.88. The van der Waals surface area contributed by atoms with Crippen molar-refractivity contribution in [2.45, 2.75) is 0 Å². The molecule has 1 atom stereocenters. The van der Waals surface area contributed by atoms with Crippen LogP contribution in [0, 0.1) is 0 Å². The second-order valence-corrected chi connectivity index (χ2v) is 2.59. The first-order valence-electron chi connectivity index (χ1n) is 3.76. The van der Waals surface area contributed by atoms with Gasteiger partial charge in [-0.2, -0.15) is 0 Å². The van der Waals surface area contributed by atoms with E-state index in [1.807, 2.05) is 37.4 Å². The number of hydrogen-bond acceptors (Lipinski definition) is 3. The molecule has 1 N–H and O–H groups in total. The Morgan fingerprint density at radius 1 is 1.17 bits per heavy atom. The lowest BCUT2D eigenvalue weighted by Crippen LogP contribution is -3.06. The van der Waals surface area contributed by atoms with E-state index in [4.69, 9.17) is 0 Å². The van der Waals surface area contributed by atoms with Gasteiger partial charge in [-0.1, -0.05) is 23.3 Å². The maximum Gasteiger partial charge on any atom is 0.282 e. The van der Waals surface area contributed by atoms with Crippen molar-refractivity contribution >= 4 is 5.84 Å². The molecule has 0 aromatic heterocycles. The van der Waals surface area contributed by atoms with Gasteiger partial charge >= 0.3 is 0 Å². The van der Waals surface area contributed by atoms with Crippen LogP contribution in [0.3, 0.4) is 0 Å². The molecule has 1 aromatic rings. The maximum atomic E-state index is 3.92. The van der Waals surface area contributed by atoms with E-state index in [0.717, 1.165) is 16.4 Å². The van der Waals surface area contributed by atoms with Gasteiger partial charge in [0.15, 0.2) is 0 Å². The minimum atomic E-state index is 0.871. The molecule has 0 saturated heterocycles. The Bertz CT molecular complexity index is 328. The van der Waals surface area contributed by atoms with Gasteiger partial charge in [0.1, 0.15) is 0 Å². The molecule has 0 fully saturated rings. The van der Waals surface area contributed by atoms with Crippen molar-refractivity contribution < 1.29 is 5.01 Å². The van der Waals surface area contributed by atoms with E-state index in [-0.39, 0.29) is 0 Å². The second kappa shape index (κ2) is 2.83. The number of rotatable bonds is 1. The van der Waals surface area contributed by atoms with Gasteiger partial charge < -0.3 is 0 Å². The first-order valence-corrected chi connectivity index (χ1v) is 3.76. The van der Waals surface area contributed by atoms with Crippen LogP contribution in [0.2, 0.25) is 0 Å². The van der Waals surface area contributed by atoms with Crippen molar-refractivity contribution in [3.8, 4) is 0 Å².